The van der Waals surface area contributed by atoms with Crippen molar-refractivity contribution < 1.29 is 24.2 Å². The van der Waals surface area contributed by atoms with Crippen molar-refractivity contribution in [3.8, 4) is 11.5 Å². The summed E-state index contributed by atoms with van der Waals surface area (Å²) < 4.78 is 10.8. The lowest BCUT2D eigenvalue weighted by Gasteiger charge is -2.29. The van der Waals surface area contributed by atoms with Gasteiger partial charge in [-0.2, -0.15) is 0 Å². The third kappa shape index (κ3) is 3.47. The topological polar surface area (TPSA) is 76.1 Å². The summed E-state index contributed by atoms with van der Waals surface area (Å²) in [6.45, 7) is 6.14. The largest absolute Gasteiger partial charge is 0.497 e. The van der Waals surface area contributed by atoms with Gasteiger partial charge >= 0.3 is 5.97 Å². The van der Waals surface area contributed by atoms with Crippen LogP contribution in [-0.2, 0) is 9.59 Å². The number of amides is 1. The maximum atomic E-state index is 12.6. The van der Waals surface area contributed by atoms with E-state index in [0.717, 1.165) is 0 Å². The Morgan fingerprint density at radius 1 is 1.17 bits per heavy atom. The van der Waals surface area contributed by atoms with Gasteiger partial charge in [0.05, 0.1) is 12.5 Å². The number of rotatable bonds is 6. The predicted molar refractivity (Wildman–Crippen MR) is 89.2 cm³/mol. The second-order valence-electron chi connectivity index (χ2n) is 6.56. The number of nitrogens with zero attached hydrogens (tertiary/aromatic N) is 1. The van der Waals surface area contributed by atoms with E-state index >= 15 is 0 Å². The Kier molecular flexibility index (Phi) is 5.36. The highest BCUT2D eigenvalue weighted by Gasteiger charge is 2.49. The Labute approximate surface area is 142 Å². The Bertz CT molecular complexity index is 598. The highest BCUT2D eigenvalue weighted by atomic mass is 16.5. The number of carboxylic acids is 1. The first-order chi connectivity index (χ1) is 11.3. The molecule has 0 radical (unpaired) electrons. The minimum absolute atomic E-state index is 0.0365. The molecule has 2 atom stereocenters. The molecule has 1 amide bonds. The fourth-order valence-electron chi connectivity index (χ4n) is 3.08. The normalized spacial score (nSPS) is 21.6. The van der Waals surface area contributed by atoms with Gasteiger partial charge in [-0.15, -0.1) is 0 Å². The van der Waals surface area contributed by atoms with Crippen molar-refractivity contribution >= 4 is 11.9 Å². The Balaban J connectivity index is 2.02. The highest BCUT2D eigenvalue weighted by molar-refractivity contribution is 5.83. The molecule has 1 saturated heterocycles. The number of aliphatic carboxylic acids is 1. The van der Waals surface area contributed by atoms with Crippen molar-refractivity contribution in [3.63, 3.8) is 0 Å². The molecule has 1 N–H and O–H groups in total. The Morgan fingerprint density at radius 2 is 1.75 bits per heavy atom. The number of ether oxygens (including phenoxy) is 2. The summed E-state index contributed by atoms with van der Waals surface area (Å²) in [5.74, 6) is 0.227. The van der Waals surface area contributed by atoms with E-state index < -0.39 is 17.5 Å². The van der Waals surface area contributed by atoms with Gasteiger partial charge in [0, 0.05) is 13.1 Å². The molecule has 0 spiro atoms. The van der Waals surface area contributed by atoms with Gasteiger partial charge < -0.3 is 19.5 Å². The number of hydrogen-bond acceptors (Lipinski definition) is 4. The molecule has 1 aliphatic rings. The van der Waals surface area contributed by atoms with Gasteiger partial charge in [0.1, 0.15) is 11.5 Å². The van der Waals surface area contributed by atoms with E-state index in [9.17, 15) is 14.7 Å². The van der Waals surface area contributed by atoms with Crippen LogP contribution in [0.15, 0.2) is 24.3 Å². The molecule has 2 unspecified atom stereocenters. The Morgan fingerprint density at radius 3 is 2.21 bits per heavy atom. The molecule has 1 aliphatic heterocycles. The monoisotopic (exact) mass is 335 g/mol. The van der Waals surface area contributed by atoms with E-state index in [1.165, 1.54) is 0 Å². The minimum Gasteiger partial charge on any atom is -0.497 e. The van der Waals surface area contributed by atoms with Crippen molar-refractivity contribution in [2.24, 2.45) is 11.3 Å². The van der Waals surface area contributed by atoms with Gasteiger partial charge in [-0.05, 0) is 43.5 Å². The molecular weight excluding hydrogens is 310 g/mol. The quantitative estimate of drug-likeness (QED) is 0.864. The third-order valence-electron chi connectivity index (χ3n) is 4.86. The predicted octanol–water partition coefficient (Wildman–Crippen LogP) is 2.42. The number of benzene rings is 1. The van der Waals surface area contributed by atoms with Crippen molar-refractivity contribution in [2.45, 2.75) is 33.3 Å². The molecule has 2 rings (SSSR count). The molecule has 0 aromatic heterocycles. The van der Waals surface area contributed by atoms with Crippen LogP contribution in [0, 0.1) is 11.3 Å². The fourth-order valence-corrected chi connectivity index (χ4v) is 3.08. The van der Waals surface area contributed by atoms with Gasteiger partial charge in [-0.25, -0.2) is 0 Å². The van der Waals surface area contributed by atoms with Gasteiger partial charge in [-0.1, -0.05) is 13.8 Å². The summed E-state index contributed by atoms with van der Waals surface area (Å²) >= 11 is 0. The number of likely N-dealkylation sites (tertiary alicyclic amines) is 1. The van der Waals surface area contributed by atoms with Crippen LogP contribution in [-0.4, -0.2) is 48.2 Å². The van der Waals surface area contributed by atoms with Crippen LogP contribution in [0.2, 0.25) is 0 Å². The molecule has 24 heavy (non-hydrogen) atoms. The molecular formula is C18H25NO5. The number of carbonyl (C=O) groups is 2. The smallest absolute Gasteiger partial charge is 0.311 e. The zero-order valence-electron chi connectivity index (χ0n) is 14.6. The molecule has 0 bridgehead atoms. The summed E-state index contributed by atoms with van der Waals surface area (Å²) in [5, 5.41) is 9.58. The zero-order valence-corrected chi connectivity index (χ0v) is 14.6. The lowest BCUT2D eigenvalue weighted by molar-refractivity contribution is -0.151. The average molecular weight is 335 g/mol. The van der Waals surface area contributed by atoms with E-state index in [-0.39, 0.29) is 18.4 Å². The number of hydrogen-bond donors (Lipinski definition) is 1. The van der Waals surface area contributed by atoms with Crippen LogP contribution in [0.3, 0.4) is 0 Å². The summed E-state index contributed by atoms with van der Waals surface area (Å²) in [4.78, 5) is 25.9. The van der Waals surface area contributed by atoms with E-state index in [0.29, 0.717) is 24.5 Å². The van der Waals surface area contributed by atoms with E-state index in [1.54, 1.807) is 43.2 Å². The maximum Gasteiger partial charge on any atom is 0.311 e. The average Bonchev–Trinajstić information content (AvgIpc) is 3.01. The van der Waals surface area contributed by atoms with Crippen LogP contribution < -0.4 is 9.47 Å². The van der Waals surface area contributed by atoms with E-state index in [1.807, 2.05) is 13.8 Å². The molecule has 132 valence electrons. The number of carbonyl (C=O) groups excluding carboxylic acids is 1. The first-order valence-electron chi connectivity index (χ1n) is 8.13. The first kappa shape index (κ1) is 18.1. The number of methoxy groups -OCH3 is 1. The molecule has 6 heteroatoms. The van der Waals surface area contributed by atoms with Crippen LogP contribution in [0.1, 0.15) is 27.2 Å². The van der Waals surface area contributed by atoms with Gasteiger partial charge in [-0.3, -0.25) is 9.59 Å². The first-order valence-corrected chi connectivity index (χ1v) is 8.13. The van der Waals surface area contributed by atoms with E-state index in [2.05, 4.69) is 0 Å². The van der Waals surface area contributed by atoms with Gasteiger partial charge in [0.2, 0.25) is 0 Å². The van der Waals surface area contributed by atoms with Crippen LogP contribution in [0.5, 0.6) is 11.5 Å². The molecule has 0 saturated carbocycles. The second-order valence-corrected chi connectivity index (χ2v) is 6.56. The Hall–Kier alpha value is -2.24. The SMILES string of the molecule is COc1ccc(OC(C)C(=O)N2CCC(C(=O)O)(C(C)C)C2)cc1. The van der Waals surface area contributed by atoms with Crippen molar-refractivity contribution in [1.82, 2.24) is 4.90 Å². The summed E-state index contributed by atoms with van der Waals surface area (Å²) in [7, 11) is 1.58. The van der Waals surface area contributed by atoms with Crippen molar-refractivity contribution in [3.05, 3.63) is 24.3 Å². The minimum atomic E-state index is -0.866. The standard InChI is InChI=1S/C18H25NO5/c1-12(2)18(17(21)22)9-10-19(11-18)16(20)13(3)24-15-7-5-14(23-4)6-8-15/h5-8,12-13H,9-11H2,1-4H3,(H,21,22). The van der Waals surface area contributed by atoms with Crippen LogP contribution in [0.4, 0.5) is 0 Å². The maximum absolute atomic E-state index is 12.6. The number of carboxylic acid groups (broad SMARTS) is 1. The van der Waals surface area contributed by atoms with Gasteiger partial charge in [0.25, 0.3) is 5.91 Å². The third-order valence-corrected chi connectivity index (χ3v) is 4.86. The molecule has 6 nitrogen and oxygen atoms in total. The zero-order chi connectivity index (χ0) is 17.9. The summed E-state index contributed by atoms with van der Waals surface area (Å²) in [6.07, 6.45) is -0.198. The molecule has 1 aromatic rings. The molecule has 0 aliphatic carbocycles. The van der Waals surface area contributed by atoms with E-state index in [4.69, 9.17) is 9.47 Å². The van der Waals surface area contributed by atoms with Gasteiger partial charge in [0.15, 0.2) is 6.10 Å². The summed E-state index contributed by atoms with van der Waals surface area (Å²) in [6, 6.07) is 7.00. The van der Waals surface area contributed by atoms with Crippen LogP contribution >= 0.6 is 0 Å². The lowest BCUT2D eigenvalue weighted by atomic mass is 9.76. The lowest BCUT2D eigenvalue weighted by Crippen LogP contribution is -2.44. The second kappa shape index (κ2) is 7.11. The van der Waals surface area contributed by atoms with Crippen molar-refractivity contribution in [2.75, 3.05) is 20.2 Å². The van der Waals surface area contributed by atoms with Crippen molar-refractivity contribution in [1.29, 1.82) is 0 Å². The molecule has 1 fully saturated rings. The molecule has 1 heterocycles. The summed E-state index contributed by atoms with van der Waals surface area (Å²) in [5.41, 5.74) is -0.866. The van der Waals surface area contributed by atoms with Crippen LogP contribution in [0.25, 0.3) is 0 Å². The fraction of sp³-hybridized carbons (Fsp3) is 0.556. The highest BCUT2D eigenvalue weighted by Crippen LogP contribution is 2.38. The molecule has 1 aromatic carbocycles.